The number of ether oxygens (including phenoxy) is 1. The van der Waals surface area contributed by atoms with Gasteiger partial charge in [0, 0.05) is 6.42 Å². The summed E-state index contributed by atoms with van der Waals surface area (Å²) < 4.78 is 5.59. The normalized spacial score (nSPS) is 24.2. The number of hydrogen-bond acceptors (Lipinski definition) is 3. The molecule has 17 heavy (non-hydrogen) atoms. The minimum Gasteiger partial charge on any atom is -0.395 e. The van der Waals surface area contributed by atoms with Crippen LogP contribution in [0.25, 0.3) is 0 Å². The van der Waals surface area contributed by atoms with E-state index < -0.39 is 5.41 Å². The number of rotatable bonds is 5. The molecule has 1 N–H and O–H groups in total. The molecule has 1 aliphatic carbocycles. The predicted octanol–water partition coefficient (Wildman–Crippen LogP) is 1.93. The molecular weight excluding hydrogens is 216 g/mol. The van der Waals surface area contributed by atoms with Crippen LogP contribution in [0.4, 0.5) is 0 Å². The molecule has 0 radical (unpaired) electrons. The summed E-state index contributed by atoms with van der Waals surface area (Å²) in [5.74, 6) is 0.146. The van der Waals surface area contributed by atoms with E-state index in [1.54, 1.807) is 0 Å². The quantitative estimate of drug-likeness (QED) is 0.846. The second-order valence-electron chi connectivity index (χ2n) is 4.69. The van der Waals surface area contributed by atoms with Crippen LogP contribution in [-0.2, 0) is 16.1 Å². The molecule has 0 bridgehead atoms. The fourth-order valence-electron chi connectivity index (χ4n) is 2.30. The van der Waals surface area contributed by atoms with Crippen molar-refractivity contribution in [2.45, 2.75) is 25.9 Å². The van der Waals surface area contributed by atoms with E-state index in [4.69, 9.17) is 4.74 Å². The van der Waals surface area contributed by atoms with Gasteiger partial charge in [-0.25, -0.2) is 0 Å². The Hall–Kier alpha value is -1.19. The van der Waals surface area contributed by atoms with Crippen molar-refractivity contribution in [2.24, 2.45) is 5.41 Å². The van der Waals surface area contributed by atoms with Gasteiger partial charge in [-0.3, -0.25) is 4.79 Å². The van der Waals surface area contributed by atoms with Gasteiger partial charge in [0.15, 0.2) is 0 Å². The van der Waals surface area contributed by atoms with Gasteiger partial charge < -0.3 is 9.84 Å². The fraction of sp³-hybridized carbons (Fsp3) is 0.500. The zero-order valence-electron chi connectivity index (χ0n) is 9.89. The van der Waals surface area contributed by atoms with Gasteiger partial charge >= 0.3 is 0 Å². The van der Waals surface area contributed by atoms with Gasteiger partial charge in [0.05, 0.1) is 25.2 Å². The minimum atomic E-state index is -0.630. The number of aliphatic hydroxyl groups is 1. The Morgan fingerprint density at radius 3 is 2.65 bits per heavy atom. The van der Waals surface area contributed by atoms with Gasteiger partial charge in [0.1, 0.15) is 5.78 Å². The molecule has 3 nitrogen and oxygen atoms in total. The molecule has 2 rings (SSSR count). The monoisotopic (exact) mass is 234 g/mol. The second-order valence-corrected chi connectivity index (χ2v) is 4.69. The molecule has 0 aromatic heterocycles. The van der Waals surface area contributed by atoms with Crippen LogP contribution in [0.15, 0.2) is 30.3 Å². The molecule has 92 valence electrons. The smallest absolute Gasteiger partial charge is 0.143 e. The average molecular weight is 234 g/mol. The zero-order valence-corrected chi connectivity index (χ0v) is 9.89. The van der Waals surface area contributed by atoms with E-state index in [9.17, 15) is 9.90 Å². The highest BCUT2D eigenvalue weighted by Gasteiger charge is 2.41. The molecule has 0 saturated heterocycles. The van der Waals surface area contributed by atoms with Gasteiger partial charge in [-0.2, -0.15) is 0 Å². The summed E-state index contributed by atoms with van der Waals surface area (Å²) in [5, 5.41) is 9.38. The Labute approximate surface area is 101 Å². The van der Waals surface area contributed by atoms with Gasteiger partial charge in [0.25, 0.3) is 0 Å². The minimum absolute atomic E-state index is 0.0966. The summed E-state index contributed by atoms with van der Waals surface area (Å²) in [6, 6.07) is 9.85. The number of carbonyl (C=O) groups excluding carboxylic acids is 1. The Morgan fingerprint density at radius 1 is 1.29 bits per heavy atom. The van der Waals surface area contributed by atoms with E-state index in [1.165, 1.54) is 0 Å². The Kier molecular flexibility index (Phi) is 3.92. The van der Waals surface area contributed by atoms with Crippen LogP contribution in [0.1, 0.15) is 24.8 Å². The molecule has 1 unspecified atom stereocenters. The first-order valence-electron chi connectivity index (χ1n) is 6.03. The first-order valence-corrected chi connectivity index (χ1v) is 6.03. The van der Waals surface area contributed by atoms with Crippen molar-refractivity contribution in [3.8, 4) is 0 Å². The molecular formula is C14H18O3. The number of benzene rings is 1. The van der Waals surface area contributed by atoms with Gasteiger partial charge in [0.2, 0.25) is 0 Å². The van der Waals surface area contributed by atoms with Crippen LogP contribution in [0.5, 0.6) is 0 Å². The molecule has 1 aromatic carbocycles. The summed E-state index contributed by atoms with van der Waals surface area (Å²) in [4.78, 5) is 11.7. The molecule has 1 aromatic rings. The van der Waals surface area contributed by atoms with E-state index >= 15 is 0 Å². The average Bonchev–Trinajstić information content (AvgIpc) is 2.73. The number of aliphatic hydroxyl groups excluding tert-OH is 1. The highest BCUT2D eigenvalue weighted by atomic mass is 16.5. The summed E-state index contributed by atoms with van der Waals surface area (Å²) in [6.45, 7) is 0.730. The maximum absolute atomic E-state index is 11.7. The van der Waals surface area contributed by atoms with Gasteiger partial charge in [-0.1, -0.05) is 30.3 Å². The Morgan fingerprint density at radius 2 is 2.06 bits per heavy atom. The van der Waals surface area contributed by atoms with Crippen molar-refractivity contribution in [1.29, 1.82) is 0 Å². The van der Waals surface area contributed by atoms with Crippen LogP contribution in [0.2, 0.25) is 0 Å². The van der Waals surface area contributed by atoms with E-state index in [1.807, 2.05) is 30.3 Å². The van der Waals surface area contributed by atoms with Crippen molar-refractivity contribution in [1.82, 2.24) is 0 Å². The van der Waals surface area contributed by atoms with E-state index in [0.717, 1.165) is 18.4 Å². The largest absolute Gasteiger partial charge is 0.395 e. The first kappa shape index (κ1) is 12.3. The summed E-state index contributed by atoms with van der Waals surface area (Å²) >= 11 is 0. The molecule has 0 spiro atoms. The highest BCUT2D eigenvalue weighted by Crippen LogP contribution is 2.34. The fourth-order valence-corrected chi connectivity index (χ4v) is 2.30. The lowest BCUT2D eigenvalue weighted by molar-refractivity contribution is -0.132. The van der Waals surface area contributed by atoms with Crippen molar-refractivity contribution >= 4 is 5.78 Å². The lowest BCUT2D eigenvalue weighted by Crippen LogP contribution is -2.35. The van der Waals surface area contributed by atoms with Crippen LogP contribution in [0.3, 0.4) is 0 Å². The number of ketones is 1. The number of carbonyl (C=O) groups is 1. The SMILES string of the molecule is O=C1CCCC1(CO)COCc1ccccc1. The topological polar surface area (TPSA) is 46.5 Å². The third kappa shape index (κ3) is 2.73. The molecule has 3 heteroatoms. The van der Waals surface area contributed by atoms with Crippen LogP contribution >= 0.6 is 0 Å². The van der Waals surface area contributed by atoms with Crippen LogP contribution in [-0.4, -0.2) is 24.1 Å². The van der Waals surface area contributed by atoms with Crippen LogP contribution in [0, 0.1) is 5.41 Å². The molecule has 0 heterocycles. The Balaban J connectivity index is 1.87. The first-order chi connectivity index (χ1) is 8.27. The molecule has 0 aliphatic heterocycles. The molecule has 0 amide bonds. The number of Topliss-reactive ketones (excluding diaryl/α,β-unsaturated/α-hetero) is 1. The number of hydrogen-bond donors (Lipinski definition) is 1. The van der Waals surface area contributed by atoms with Gasteiger partial charge in [-0.05, 0) is 18.4 Å². The van der Waals surface area contributed by atoms with Crippen molar-refractivity contribution in [3.63, 3.8) is 0 Å². The maximum atomic E-state index is 11.7. The highest BCUT2D eigenvalue weighted by molar-refractivity contribution is 5.87. The van der Waals surface area contributed by atoms with Crippen LogP contribution < -0.4 is 0 Å². The standard InChI is InChI=1S/C14H18O3/c15-10-14(8-4-7-13(14)16)11-17-9-12-5-2-1-3-6-12/h1-3,5-6,15H,4,7-11H2. The van der Waals surface area contributed by atoms with E-state index in [2.05, 4.69) is 0 Å². The molecule has 1 aliphatic rings. The molecule has 1 saturated carbocycles. The molecule has 1 fully saturated rings. The van der Waals surface area contributed by atoms with E-state index in [0.29, 0.717) is 19.6 Å². The zero-order chi connectivity index (χ0) is 12.1. The van der Waals surface area contributed by atoms with Crippen molar-refractivity contribution < 1.29 is 14.6 Å². The summed E-state index contributed by atoms with van der Waals surface area (Å²) in [5.41, 5.74) is 0.459. The summed E-state index contributed by atoms with van der Waals surface area (Å²) in [6.07, 6.45) is 2.19. The lowest BCUT2D eigenvalue weighted by atomic mass is 9.87. The van der Waals surface area contributed by atoms with Gasteiger partial charge in [-0.15, -0.1) is 0 Å². The third-order valence-electron chi connectivity index (χ3n) is 3.44. The summed E-state index contributed by atoms with van der Waals surface area (Å²) in [7, 11) is 0. The lowest BCUT2D eigenvalue weighted by Gasteiger charge is -2.24. The Bertz CT molecular complexity index is 374. The molecule has 1 atom stereocenters. The predicted molar refractivity (Wildman–Crippen MR) is 64.5 cm³/mol. The second kappa shape index (κ2) is 5.43. The third-order valence-corrected chi connectivity index (χ3v) is 3.44. The van der Waals surface area contributed by atoms with Crippen molar-refractivity contribution in [2.75, 3.05) is 13.2 Å². The van der Waals surface area contributed by atoms with E-state index in [-0.39, 0.29) is 12.4 Å². The van der Waals surface area contributed by atoms with Crippen molar-refractivity contribution in [3.05, 3.63) is 35.9 Å². The maximum Gasteiger partial charge on any atom is 0.143 e.